The molecule has 3 heterocycles. The summed E-state index contributed by atoms with van der Waals surface area (Å²) in [5.74, 6) is 0.879. The maximum absolute atomic E-state index is 13.2. The van der Waals surface area contributed by atoms with Gasteiger partial charge in [0.25, 0.3) is 5.91 Å². The normalized spacial score (nSPS) is 15.0. The minimum Gasteiger partial charge on any atom is -0.338 e. The third-order valence-corrected chi connectivity index (χ3v) is 4.96. The van der Waals surface area contributed by atoms with Gasteiger partial charge in [-0.15, -0.1) is 0 Å². The first-order valence-electron chi connectivity index (χ1n) is 9.32. The lowest BCUT2D eigenvalue weighted by atomic mass is 10.2. The highest BCUT2D eigenvalue weighted by atomic mass is 16.2. The van der Waals surface area contributed by atoms with Gasteiger partial charge < -0.3 is 9.47 Å². The Morgan fingerprint density at radius 3 is 2.42 bits per heavy atom. The molecule has 0 atom stereocenters. The SMILES string of the molecule is Cc1cccc(-n2ncc(C(=O)N3CCCCCC3)c2-n2cccc2)c1. The molecule has 0 spiro atoms. The second-order valence-electron chi connectivity index (χ2n) is 6.93. The van der Waals surface area contributed by atoms with Crippen molar-refractivity contribution < 1.29 is 4.79 Å². The van der Waals surface area contributed by atoms with Crippen molar-refractivity contribution in [3.63, 3.8) is 0 Å². The van der Waals surface area contributed by atoms with Crippen molar-refractivity contribution in [2.75, 3.05) is 13.1 Å². The van der Waals surface area contributed by atoms with Crippen LogP contribution in [0.25, 0.3) is 11.5 Å². The second-order valence-corrected chi connectivity index (χ2v) is 6.93. The Balaban J connectivity index is 1.79. The van der Waals surface area contributed by atoms with Crippen LogP contribution in [0.1, 0.15) is 41.6 Å². The van der Waals surface area contributed by atoms with E-state index in [1.54, 1.807) is 6.20 Å². The van der Waals surface area contributed by atoms with Crippen molar-refractivity contribution in [3.05, 3.63) is 66.1 Å². The van der Waals surface area contributed by atoms with E-state index < -0.39 is 0 Å². The van der Waals surface area contributed by atoms with Crippen LogP contribution in [0.15, 0.2) is 55.0 Å². The first-order valence-corrected chi connectivity index (χ1v) is 9.32. The average Bonchev–Trinajstić information content (AvgIpc) is 3.24. The molecule has 5 heteroatoms. The van der Waals surface area contributed by atoms with Gasteiger partial charge in [0.05, 0.1) is 11.9 Å². The summed E-state index contributed by atoms with van der Waals surface area (Å²) in [6.07, 6.45) is 10.2. The molecule has 0 aliphatic carbocycles. The molecule has 3 aromatic rings. The molecule has 0 saturated carbocycles. The molecule has 0 unspecified atom stereocenters. The van der Waals surface area contributed by atoms with Gasteiger partial charge in [-0.2, -0.15) is 5.10 Å². The fourth-order valence-electron chi connectivity index (χ4n) is 3.61. The topological polar surface area (TPSA) is 43.1 Å². The van der Waals surface area contributed by atoms with Crippen molar-refractivity contribution in [3.8, 4) is 11.5 Å². The summed E-state index contributed by atoms with van der Waals surface area (Å²) in [5.41, 5.74) is 2.78. The van der Waals surface area contributed by atoms with Crippen molar-refractivity contribution >= 4 is 5.91 Å². The van der Waals surface area contributed by atoms with Crippen LogP contribution >= 0.6 is 0 Å². The smallest absolute Gasteiger partial charge is 0.259 e. The van der Waals surface area contributed by atoms with Gasteiger partial charge in [0, 0.05) is 25.5 Å². The molecule has 0 N–H and O–H groups in total. The van der Waals surface area contributed by atoms with Crippen LogP contribution in [0.3, 0.4) is 0 Å². The van der Waals surface area contributed by atoms with Gasteiger partial charge in [-0.3, -0.25) is 4.79 Å². The Morgan fingerprint density at radius 2 is 1.73 bits per heavy atom. The van der Waals surface area contributed by atoms with Gasteiger partial charge in [-0.25, -0.2) is 4.68 Å². The van der Waals surface area contributed by atoms with E-state index >= 15 is 0 Å². The van der Waals surface area contributed by atoms with Gasteiger partial charge >= 0.3 is 0 Å². The number of hydrogen-bond donors (Lipinski definition) is 0. The molecular formula is C21H24N4O. The minimum absolute atomic E-state index is 0.0782. The van der Waals surface area contributed by atoms with Crippen molar-refractivity contribution in [1.29, 1.82) is 0 Å². The molecule has 2 aromatic heterocycles. The van der Waals surface area contributed by atoms with Crippen LogP contribution < -0.4 is 0 Å². The van der Waals surface area contributed by atoms with Crippen LogP contribution in [0, 0.1) is 6.92 Å². The Bertz CT molecular complexity index is 887. The van der Waals surface area contributed by atoms with Crippen molar-refractivity contribution in [2.45, 2.75) is 32.6 Å². The van der Waals surface area contributed by atoms with E-state index in [4.69, 9.17) is 0 Å². The molecule has 1 aliphatic heterocycles. The maximum atomic E-state index is 13.2. The maximum Gasteiger partial charge on any atom is 0.259 e. The van der Waals surface area contributed by atoms with Gasteiger partial charge in [0.1, 0.15) is 5.56 Å². The standard InChI is InChI=1S/C21H24N4O/c1-17-9-8-10-18(15-17)25-20(23-11-6-7-12-23)19(16-22-25)21(26)24-13-4-2-3-5-14-24/h6-12,15-16H,2-5,13-14H2,1H3. The molecule has 1 amide bonds. The summed E-state index contributed by atoms with van der Waals surface area (Å²) >= 11 is 0. The van der Waals surface area contributed by atoms with Crippen LogP contribution in [-0.4, -0.2) is 38.2 Å². The number of carbonyl (C=O) groups excluding carboxylic acids is 1. The summed E-state index contributed by atoms with van der Waals surface area (Å²) in [7, 11) is 0. The number of hydrogen-bond acceptors (Lipinski definition) is 2. The molecule has 1 fully saturated rings. The number of amides is 1. The summed E-state index contributed by atoms with van der Waals surface area (Å²) < 4.78 is 3.83. The lowest BCUT2D eigenvalue weighted by Gasteiger charge is -2.20. The van der Waals surface area contributed by atoms with Crippen molar-refractivity contribution in [2.24, 2.45) is 0 Å². The Morgan fingerprint density at radius 1 is 1.00 bits per heavy atom. The van der Waals surface area contributed by atoms with Gasteiger partial charge in [-0.05, 0) is 49.6 Å². The fraction of sp³-hybridized carbons (Fsp3) is 0.333. The molecule has 134 valence electrons. The monoisotopic (exact) mass is 348 g/mol. The predicted octanol–water partition coefficient (Wildman–Crippen LogP) is 3.99. The Hall–Kier alpha value is -2.82. The number of aryl methyl sites for hydroxylation is 1. The molecular weight excluding hydrogens is 324 g/mol. The van der Waals surface area contributed by atoms with Crippen LogP contribution in [0.2, 0.25) is 0 Å². The molecule has 1 aromatic carbocycles. The van der Waals surface area contributed by atoms with E-state index in [-0.39, 0.29) is 5.91 Å². The van der Waals surface area contributed by atoms with Crippen LogP contribution in [-0.2, 0) is 0 Å². The van der Waals surface area contributed by atoms with E-state index in [0.29, 0.717) is 5.56 Å². The molecule has 4 rings (SSSR count). The Kier molecular flexibility index (Phi) is 4.61. The predicted molar refractivity (Wildman–Crippen MR) is 102 cm³/mol. The van der Waals surface area contributed by atoms with E-state index in [1.165, 1.54) is 12.8 Å². The largest absolute Gasteiger partial charge is 0.338 e. The summed E-state index contributed by atoms with van der Waals surface area (Å²) in [4.78, 5) is 15.2. The zero-order valence-corrected chi connectivity index (χ0v) is 15.1. The molecule has 0 radical (unpaired) electrons. The van der Waals surface area contributed by atoms with E-state index in [9.17, 15) is 4.79 Å². The van der Waals surface area contributed by atoms with E-state index in [2.05, 4.69) is 24.2 Å². The highest BCUT2D eigenvalue weighted by molar-refractivity contribution is 5.97. The molecule has 1 aliphatic rings. The van der Waals surface area contributed by atoms with E-state index in [1.807, 2.05) is 50.8 Å². The number of benzene rings is 1. The summed E-state index contributed by atoms with van der Waals surface area (Å²) in [6, 6.07) is 12.1. The number of aromatic nitrogens is 3. The minimum atomic E-state index is 0.0782. The van der Waals surface area contributed by atoms with Gasteiger partial charge in [0.15, 0.2) is 5.82 Å². The van der Waals surface area contributed by atoms with Crippen LogP contribution in [0.5, 0.6) is 0 Å². The fourth-order valence-corrected chi connectivity index (χ4v) is 3.61. The van der Waals surface area contributed by atoms with E-state index in [0.717, 1.165) is 43.0 Å². The quantitative estimate of drug-likeness (QED) is 0.718. The number of nitrogens with zero attached hydrogens (tertiary/aromatic N) is 4. The Labute approximate surface area is 153 Å². The zero-order valence-electron chi connectivity index (χ0n) is 15.1. The van der Waals surface area contributed by atoms with Crippen molar-refractivity contribution in [1.82, 2.24) is 19.2 Å². The molecule has 0 bridgehead atoms. The first-order chi connectivity index (χ1) is 12.7. The zero-order chi connectivity index (χ0) is 17.9. The molecule has 5 nitrogen and oxygen atoms in total. The van der Waals surface area contributed by atoms with Gasteiger partial charge in [0.2, 0.25) is 0 Å². The highest BCUT2D eigenvalue weighted by Crippen LogP contribution is 2.23. The molecule has 1 saturated heterocycles. The lowest BCUT2D eigenvalue weighted by Crippen LogP contribution is -2.32. The number of rotatable bonds is 3. The third kappa shape index (κ3) is 3.17. The van der Waals surface area contributed by atoms with Crippen LogP contribution in [0.4, 0.5) is 0 Å². The lowest BCUT2D eigenvalue weighted by molar-refractivity contribution is 0.0761. The average molecular weight is 348 g/mol. The highest BCUT2D eigenvalue weighted by Gasteiger charge is 2.24. The number of likely N-dealkylation sites (tertiary alicyclic amines) is 1. The number of carbonyl (C=O) groups is 1. The van der Waals surface area contributed by atoms with Gasteiger partial charge in [-0.1, -0.05) is 25.0 Å². The summed E-state index contributed by atoms with van der Waals surface area (Å²) in [6.45, 7) is 3.73. The molecule has 26 heavy (non-hydrogen) atoms. The second kappa shape index (κ2) is 7.20. The summed E-state index contributed by atoms with van der Waals surface area (Å²) in [5, 5.41) is 4.57. The third-order valence-electron chi connectivity index (χ3n) is 4.96. The first kappa shape index (κ1) is 16.6.